The summed E-state index contributed by atoms with van der Waals surface area (Å²) in [6.07, 6.45) is 0. The molecule has 0 aromatic heterocycles. The molecule has 2 N–H and O–H groups in total. The Morgan fingerprint density at radius 1 is 1.04 bits per heavy atom. The summed E-state index contributed by atoms with van der Waals surface area (Å²) in [6.45, 7) is 5.30. The van der Waals surface area contributed by atoms with E-state index >= 15 is 0 Å². The lowest BCUT2D eigenvalue weighted by molar-refractivity contribution is -0.384. The SMILES string of the molecule is CC(C)(C)C(=O)Nc1cccc(NS(=O)(=O)c2ccc([N+](=O)[O-])cc2)c1. The third-order valence-electron chi connectivity index (χ3n) is 3.41. The molecule has 0 atom stereocenters. The van der Waals surface area contributed by atoms with E-state index in [9.17, 15) is 23.3 Å². The molecule has 0 spiro atoms. The third kappa shape index (κ3) is 4.79. The Morgan fingerprint density at radius 2 is 1.62 bits per heavy atom. The molecule has 0 saturated carbocycles. The second-order valence-electron chi connectivity index (χ2n) is 6.64. The van der Waals surface area contributed by atoms with Crippen molar-refractivity contribution in [1.82, 2.24) is 0 Å². The second-order valence-corrected chi connectivity index (χ2v) is 8.32. The van der Waals surface area contributed by atoms with Crippen LogP contribution in [0.2, 0.25) is 0 Å². The quantitative estimate of drug-likeness (QED) is 0.611. The van der Waals surface area contributed by atoms with Gasteiger partial charge in [-0.1, -0.05) is 26.8 Å². The summed E-state index contributed by atoms with van der Waals surface area (Å²) >= 11 is 0. The van der Waals surface area contributed by atoms with Crippen molar-refractivity contribution in [3.05, 3.63) is 58.6 Å². The Balaban J connectivity index is 2.20. The zero-order chi connectivity index (χ0) is 19.5. The lowest BCUT2D eigenvalue weighted by atomic mass is 9.95. The van der Waals surface area contributed by atoms with Crippen LogP contribution in [-0.2, 0) is 14.8 Å². The van der Waals surface area contributed by atoms with Crippen LogP contribution in [0.3, 0.4) is 0 Å². The van der Waals surface area contributed by atoms with Crippen molar-refractivity contribution in [3.63, 3.8) is 0 Å². The minimum atomic E-state index is -3.91. The van der Waals surface area contributed by atoms with Gasteiger partial charge in [0.15, 0.2) is 0 Å². The summed E-state index contributed by atoms with van der Waals surface area (Å²) in [6, 6.07) is 10.8. The van der Waals surface area contributed by atoms with E-state index in [0.717, 1.165) is 24.3 Å². The van der Waals surface area contributed by atoms with E-state index in [0.29, 0.717) is 5.69 Å². The van der Waals surface area contributed by atoms with E-state index in [1.807, 2.05) is 0 Å². The highest BCUT2D eigenvalue weighted by Crippen LogP contribution is 2.23. The van der Waals surface area contributed by atoms with Gasteiger partial charge in [-0.3, -0.25) is 19.6 Å². The van der Waals surface area contributed by atoms with Gasteiger partial charge in [0.05, 0.1) is 15.5 Å². The summed E-state index contributed by atoms with van der Waals surface area (Å²) in [5.74, 6) is -0.201. The number of nitrogens with zero attached hydrogens (tertiary/aromatic N) is 1. The minimum absolute atomic E-state index is 0.104. The molecule has 9 heteroatoms. The number of anilines is 2. The number of nitrogens with one attached hydrogen (secondary N) is 2. The number of sulfonamides is 1. The fraction of sp³-hybridized carbons (Fsp3) is 0.235. The van der Waals surface area contributed by atoms with Crippen LogP contribution in [0.1, 0.15) is 20.8 Å². The molecule has 0 fully saturated rings. The molecule has 26 heavy (non-hydrogen) atoms. The largest absolute Gasteiger partial charge is 0.326 e. The zero-order valence-electron chi connectivity index (χ0n) is 14.5. The van der Waals surface area contributed by atoms with Gasteiger partial charge in [-0.15, -0.1) is 0 Å². The highest BCUT2D eigenvalue weighted by molar-refractivity contribution is 7.92. The highest BCUT2D eigenvalue weighted by atomic mass is 32.2. The van der Waals surface area contributed by atoms with Crippen LogP contribution in [0.5, 0.6) is 0 Å². The van der Waals surface area contributed by atoms with Crippen LogP contribution in [0, 0.1) is 15.5 Å². The van der Waals surface area contributed by atoms with Gasteiger partial charge in [0, 0.05) is 23.2 Å². The Labute approximate surface area is 151 Å². The predicted octanol–water partition coefficient (Wildman–Crippen LogP) is 3.38. The topological polar surface area (TPSA) is 118 Å². The number of non-ortho nitro benzene ring substituents is 1. The number of nitro benzene ring substituents is 1. The number of hydrogen-bond acceptors (Lipinski definition) is 5. The van der Waals surface area contributed by atoms with Crippen molar-refractivity contribution >= 4 is 33.0 Å². The van der Waals surface area contributed by atoms with Gasteiger partial charge in [-0.2, -0.15) is 0 Å². The maximum Gasteiger partial charge on any atom is 0.269 e. The van der Waals surface area contributed by atoms with Crippen molar-refractivity contribution in [2.45, 2.75) is 25.7 Å². The van der Waals surface area contributed by atoms with Crippen molar-refractivity contribution in [2.75, 3.05) is 10.0 Å². The number of amides is 1. The van der Waals surface area contributed by atoms with E-state index in [-0.39, 0.29) is 22.2 Å². The predicted molar refractivity (Wildman–Crippen MR) is 98.4 cm³/mol. The molecule has 8 nitrogen and oxygen atoms in total. The maximum atomic E-state index is 12.4. The van der Waals surface area contributed by atoms with E-state index in [1.54, 1.807) is 32.9 Å². The van der Waals surface area contributed by atoms with Crippen LogP contribution in [0.15, 0.2) is 53.4 Å². The van der Waals surface area contributed by atoms with Crippen molar-refractivity contribution in [1.29, 1.82) is 0 Å². The molecule has 0 saturated heterocycles. The van der Waals surface area contributed by atoms with E-state index < -0.39 is 20.4 Å². The van der Waals surface area contributed by atoms with Gasteiger partial charge in [-0.05, 0) is 30.3 Å². The molecule has 138 valence electrons. The van der Waals surface area contributed by atoms with E-state index in [4.69, 9.17) is 0 Å². The average Bonchev–Trinajstić information content (AvgIpc) is 2.54. The van der Waals surface area contributed by atoms with E-state index in [2.05, 4.69) is 10.0 Å². The van der Waals surface area contributed by atoms with Crippen molar-refractivity contribution in [3.8, 4) is 0 Å². The molecule has 2 aromatic carbocycles. The Kier molecular flexibility index (Phi) is 5.31. The monoisotopic (exact) mass is 377 g/mol. The number of carbonyl (C=O) groups excluding carboxylic acids is 1. The molecular weight excluding hydrogens is 358 g/mol. The second kappa shape index (κ2) is 7.12. The van der Waals surface area contributed by atoms with Crippen molar-refractivity contribution in [2.24, 2.45) is 5.41 Å². The molecule has 0 aliphatic carbocycles. The molecular formula is C17H19N3O5S. The standard InChI is InChI=1S/C17H19N3O5S/c1-17(2,3)16(21)18-12-5-4-6-13(11-12)19-26(24,25)15-9-7-14(8-10-15)20(22)23/h4-11,19H,1-3H3,(H,18,21). The van der Waals surface area contributed by atoms with Gasteiger partial charge in [0.25, 0.3) is 15.7 Å². The molecule has 1 amide bonds. The summed E-state index contributed by atoms with van der Waals surface area (Å²) in [5, 5.41) is 13.4. The Bertz CT molecular complexity index is 932. The lowest BCUT2D eigenvalue weighted by Gasteiger charge is -2.18. The average molecular weight is 377 g/mol. The number of benzene rings is 2. The number of nitro groups is 1. The van der Waals surface area contributed by atoms with Gasteiger partial charge in [0.1, 0.15) is 0 Å². The first-order chi connectivity index (χ1) is 12.0. The van der Waals surface area contributed by atoms with Gasteiger partial charge >= 0.3 is 0 Å². The number of rotatable bonds is 5. The molecule has 2 rings (SSSR count). The van der Waals surface area contributed by atoms with Crippen molar-refractivity contribution < 1.29 is 18.1 Å². The molecule has 2 aromatic rings. The summed E-state index contributed by atoms with van der Waals surface area (Å²) < 4.78 is 27.2. The Morgan fingerprint density at radius 3 is 2.15 bits per heavy atom. The first-order valence-corrected chi connectivity index (χ1v) is 9.16. The molecule has 0 aliphatic rings. The minimum Gasteiger partial charge on any atom is -0.326 e. The smallest absolute Gasteiger partial charge is 0.269 e. The highest BCUT2D eigenvalue weighted by Gasteiger charge is 2.21. The van der Waals surface area contributed by atoms with Crippen LogP contribution >= 0.6 is 0 Å². The summed E-state index contributed by atoms with van der Waals surface area (Å²) in [5.41, 5.74) is -0.0754. The summed E-state index contributed by atoms with van der Waals surface area (Å²) in [7, 11) is -3.91. The molecule has 0 aliphatic heterocycles. The normalized spacial score (nSPS) is 11.7. The van der Waals surface area contributed by atoms with Crippen LogP contribution in [0.4, 0.5) is 17.1 Å². The number of hydrogen-bond donors (Lipinski definition) is 2. The zero-order valence-corrected chi connectivity index (χ0v) is 15.3. The third-order valence-corrected chi connectivity index (χ3v) is 4.81. The fourth-order valence-corrected chi connectivity index (χ4v) is 2.99. The van der Waals surface area contributed by atoms with Gasteiger partial charge < -0.3 is 5.32 Å². The first kappa shape index (κ1) is 19.4. The summed E-state index contributed by atoms with van der Waals surface area (Å²) in [4.78, 5) is 22.0. The van der Waals surface area contributed by atoms with Crippen LogP contribution in [0.25, 0.3) is 0 Å². The van der Waals surface area contributed by atoms with Crippen LogP contribution in [-0.4, -0.2) is 19.2 Å². The molecule has 0 heterocycles. The number of carbonyl (C=O) groups is 1. The molecule has 0 unspecified atom stereocenters. The lowest BCUT2D eigenvalue weighted by Crippen LogP contribution is -2.27. The first-order valence-electron chi connectivity index (χ1n) is 7.68. The van der Waals surface area contributed by atoms with Gasteiger partial charge in [0.2, 0.25) is 5.91 Å². The van der Waals surface area contributed by atoms with E-state index in [1.165, 1.54) is 12.1 Å². The van der Waals surface area contributed by atoms with Crippen LogP contribution < -0.4 is 10.0 Å². The van der Waals surface area contributed by atoms with Gasteiger partial charge in [-0.25, -0.2) is 8.42 Å². The Hall–Kier alpha value is -2.94. The fourth-order valence-electron chi connectivity index (χ4n) is 1.94. The molecule has 0 bridgehead atoms. The maximum absolute atomic E-state index is 12.4. The molecule has 0 radical (unpaired) electrons.